The maximum Gasteiger partial charge on any atom is 0.265 e. The van der Waals surface area contributed by atoms with Gasteiger partial charge in [0.05, 0.1) is 20.7 Å². The summed E-state index contributed by atoms with van der Waals surface area (Å²) in [4.78, 5) is 20.2. The first-order valence-corrected chi connectivity index (χ1v) is 7.64. The van der Waals surface area contributed by atoms with Crippen molar-refractivity contribution in [1.82, 2.24) is 4.90 Å². The van der Waals surface area contributed by atoms with Gasteiger partial charge < -0.3 is 14.3 Å². The summed E-state index contributed by atoms with van der Waals surface area (Å²) < 4.78 is 16.2. The lowest BCUT2D eigenvalue weighted by atomic mass is 10.3. The van der Waals surface area contributed by atoms with E-state index in [1.165, 1.54) is 12.4 Å². The van der Waals surface area contributed by atoms with Crippen LogP contribution in [0.15, 0.2) is 0 Å². The normalized spacial score (nSPS) is 22.6. The Balaban J connectivity index is 0.000000321. The Morgan fingerprint density at radius 3 is 2.44 bits per heavy atom. The van der Waals surface area contributed by atoms with Gasteiger partial charge in [0.2, 0.25) is 5.84 Å². The van der Waals surface area contributed by atoms with Crippen LogP contribution >= 0.6 is 7.82 Å². The maximum absolute atomic E-state index is 9.87. The maximum atomic E-state index is 9.87. The summed E-state index contributed by atoms with van der Waals surface area (Å²) >= 11 is 0. The molecule has 0 amide bonds. The number of nitrogens with zero attached hydrogens (tertiary/aromatic N) is 2. The molecule has 1 heterocycles. The first-order valence-electron chi connectivity index (χ1n) is 6.15. The molecular formula is C11H25N2O4P. The fraction of sp³-hybridized carbons (Fsp3) is 0.909. The van der Waals surface area contributed by atoms with Crippen molar-refractivity contribution < 1.29 is 23.5 Å². The summed E-state index contributed by atoms with van der Waals surface area (Å²) in [5.41, 5.74) is 0. The van der Waals surface area contributed by atoms with E-state index in [0.717, 1.165) is 6.42 Å². The first-order chi connectivity index (χ1) is 8.19. The van der Waals surface area contributed by atoms with Gasteiger partial charge in [-0.05, 0) is 13.3 Å². The monoisotopic (exact) mass is 280 g/mol. The summed E-state index contributed by atoms with van der Waals surface area (Å²) in [7, 11) is -0.169. The lowest BCUT2D eigenvalue weighted by molar-refractivity contribution is -0.523. The summed E-state index contributed by atoms with van der Waals surface area (Å²) in [6.07, 6.45) is 1.49. The van der Waals surface area contributed by atoms with Crippen molar-refractivity contribution in [3.8, 4) is 0 Å². The van der Waals surface area contributed by atoms with E-state index in [-0.39, 0.29) is 6.61 Å². The van der Waals surface area contributed by atoms with Gasteiger partial charge in [0.25, 0.3) is 7.82 Å². The zero-order valence-corrected chi connectivity index (χ0v) is 12.8. The van der Waals surface area contributed by atoms with E-state index in [2.05, 4.69) is 41.9 Å². The molecule has 0 aromatic heterocycles. The molecule has 6 nitrogen and oxygen atoms in total. The van der Waals surface area contributed by atoms with E-state index >= 15 is 0 Å². The third kappa shape index (κ3) is 7.11. The smallest absolute Gasteiger partial charge is 0.265 e. The Bertz CT molecular complexity index is 311. The van der Waals surface area contributed by atoms with Gasteiger partial charge in [-0.25, -0.2) is 0 Å². The van der Waals surface area contributed by atoms with Crippen LogP contribution in [0.25, 0.3) is 0 Å². The van der Waals surface area contributed by atoms with Crippen LogP contribution < -0.4 is 4.89 Å². The van der Waals surface area contributed by atoms with Gasteiger partial charge in [-0.15, -0.1) is 0 Å². The number of amidine groups is 1. The second-order valence-corrected chi connectivity index (χ2v) is 5.74. The molecule has 1 aliphatic rings. The molecule has 1 N–H and O–H groups in total. The van der Waals surface area contributed by atoms with E-state index in [1.807, 2.05) is 6.92 Å². The van der Waals surface area contributed by atoms with E-state index in [1.54, 1.807) is 0 Å². The molecule has 18 heavy (non-hydrogen) atoms. The number of phosphoric ester groups is 1. The number of rotatable bonds is 4. The van der Waals surface area contributed by atoms with Crippen molar-refractivity contribution in [2.24, 2.45) is 0 Å². The van der Waals surface area contributed by atoms with Crippen LogP contribution in [-0.4, -0.2) is 53.5 Å². The van der Waals surface area contributed by atoms with Gasteiger partial charge in [0.15, 0.2) is 0 Å². The van der Waals surface area contributed by atoms with Gasteiger partial charge >= 0.3 is 0 Å². The minimum absolute atomic E-state index is 0.0772. The van der Waals surface area contributed by atoms with Gasteiger partial charge in [-0.1, -0.05) is 13.3 Å². The molecule has 2 unspecified atom stereocenters. The molecule has 0 aliphatic carbocycles. The third-order valence-corrected chi connectivity index (χ3v) is 3.52. The summed E-state index contributed by atoms with van der Waals surface area (Å²) in [5, 5.41) is 0. The van der Waals surface area contributed by atoms with Crippen LogP contribution in [0, 0.1) is 0 Å². The largest absolute Gasteiger partial charge is 0.756 e. The first kappa shape index (κ1) is 17.6. The summed E-state index contributed by atoms with van der Waals surface area (Å²) in [6, 6.07) is 0.690. The van der Waals surface area contributed by atoms with Crippen LogP contribution in [0.4, 0.5) is 0 Å². The zero-order valence-electron chi connectivity index (χ0n) is 11.9. The van der Waals surface area contributed by atoms with E-state index in [0.29, 0.717) is 12.5 Å². The predicted molar refractivity (Wildman–Crippen MR) is 69.6 cm³/mol. The lowest BCUT2D eigenvalue weighted by Gasteiger charge is -2.14. The third-order valence-electron chi connectivity index (χ3n) is 3.01. The van der Waals surface area contributed by atoms with Crippen molar-refractivity contribution in [3.63, 3.8) is 0 Å². The molecule has 0 saturated heterocycles. The van der Waals surface area contributed by atoms with Gasteiger partial charge in [0, 0.05) is 6.92 Å². The number of unbranched alkanes of at least 4 members (excludes halogenated alkanes) is 1. The Labute approximate surface area is 110 Å². The molecule has 1 aliphatic heterocycles. The molecule has 0 saturated carbocycles. The molecule has 7 heteroatoms. The van der Waals surface area contributed by atoms with Crippen molar-refractivity contribution in [1.29, 1.82) is 0 Å². The van der Waals surface area contributed by atoms with Gasteiger partial charge in [-0.3, -0.25) is 14.0 Å². The molecule has 108 valence electrons. The average Bonchev–Trinajstić information content (AvgIpc) is 2.45. The SMILES string of the molecule is CC1=[N+](C)C(C)CN1C.CCCCOP(=O)([O-])O. The van der Waals surface area contributed by atoms with Crippen LogP contribution in [0.5, 0.6) is 0 Å². The number of hydrogen-bond acceptors (Lipinski definition) is 4. The molecule has 0 aromatic rings. The highest BCUT2D eigenvalue weighted by Crippen LogP contribution is 2.30. The quantitative estimate of drug-likeness (QED) is 0.465. The standard InChI is InChI=1S/C7H15N2.C4H11O4P/c1-6-5-8(3)7(2)9(6)4;1-2-3-4-8-9(5,6)7/h6H,5H2,1-4H3;2-4H2,1H3,(H2,5,6,7)/q+1;/p-1. The van der Waals surface area contributed by atoms with Crippen molar-refractivity contribution in [2.75, 3.05) is 27.2 Å². The number of phosphoric acid groups is 1. The molecule has 0 radical (unpaired) electrons. The van der Waals surface area contributed by atoms with Crippen LogP contribution in [-0.2, 0) is 9.09 Å². The van der Waals surface area contributed by atoms with E-state index in [4.69, 9.17) is 4.89 Å². The lowest BCUT2D eigenvalue weighted by Crippen LogP contribution is -2.21. The zero-order chi connectivity index (χ0) is 14.3. The predicted octanol–water partition coefficient (Wildman–Crippen LogP) is 0.645. The Hall–Kier alpha value is -0.420. The highest BCUT2D eigenvalue weighted by atomic mass is 31.2. The molecule has 0 fully saturated rings. The van der Waals surface area contributed by atoms with Crippen LogP contribution in [0.2, 0.25) is 0 Å². The fourth-order valence-electron chi connectivity index (χ4n) is 1.56. The topological polar surface area (TPSA) is 75.8 Å². The highest BCUT2D eigenvalue weighted by molar-refractivity contribution is 7.44. The highest BCUT2D eigenvalue weighted by Gasteiger charge is 2.26. The Morgan fingerprint density at radius 2 is 2.22 bits per heavy atom. The fourth-order valence-corrected chi connectivity index (χ4v) is 1.92. The molecule has 0 aromatic carbocycles. The minimum atomic E-state index is -4.45. The molecule has 0 bridgehead atoms. The van der Waals surface area contributed by atoms with E-state index < -0.39 is 7.82 Å². The average molecular weight is 280 g/mol. The Morgan fingerprint density at radius 1 is 1.67 bits per heavy atom. The van der Waals surface area contributed by atoms with E-state index in [9.17, 15) is 9.46 Å². The Kier molecular flexibility index (Phi) is 7.71. The molecule has 1 rings (SSSR count). The van der Waals surface area contributed by atoms with Crippen LogP contribution in [0.3, 0.4) is 0 Å². The second-order valence-electron chi connectivity index (χ2n) is 4.54. The summed E-state index contributed by atoms with van der Waals surface area (Å²) in [6.45, 7) is 7.54. The molecule has 0 spiro atoms. The van der Waals surface area contributed by atoms with Gasteiger partial charge in [-0.2, -0.15) is 0 Å². The molecule has 2 atom stereocenters. The van der Waals surface area contributed by atoms with Crippen molar-refractivity contribution in [3.05, 3.63) is 0 Å². The number of likely N-dealkylation sites (N-methyl/N-ethyl adjacent to an activating group) is 2. The molecular weight excluding hydrogens is 255 g/mol. The second kappa shape index (κ2) is 7.89. The van der Waals surface area contributed by atoms with Gasteiger partial charge in [0.1, 0.15) is 12.6 Å². The van der Waals surface area contributed by atoms with Crippen molar-refractivity contribution >= 4 is 13.7 Å². The minimum Gasteiger partial charge on any atom is -0.756 e. The van der Waals surface area contributed by atoms with Crippen LogP contribution in [0.1, 0.15) is 33.6 Å². The summed E-state index contributed by atoms with van der Waals surface area (Å²) in [5.74, 6) is 1.38. The van der Waals surface area contributed by atoms with Crippen molar-refractivity contribution in [2.45, 2.75) is 39.7 Å². The number of hydrogen-bond donors (Lipinski definition) is 1.